The van der Waals surface area contributed by atoms with Gasteiger partial charge in [-0.3, -0.25) is 14.5 Å². The molecule has 2 heterocycles. The summed E-state index contributed by atoms with van der Waals surface area (Å²) in [5, 5.41) is 20.1. The summed E-state index contributed by atoms with van der Waals surface area (Å²) in [6.45, 7) is 1.15. The Hall–Kier alpha value is -2.46. The van der Waals surface area contributed by atoms with Crippen LogP contribution in [0, 0.1) is 17.6 Å². The molecule has 1 aromatic carbocycles. The van der Waals surface area contributed by atoms with Gasteiger partial charge in [0.25, 0.3) is 5.91 Å². The van der Waals surface area contributed by atoms with Crippen LogP contribution in [0.4, 0.5) is 8.78 Å². The molecule has 0 radical (unpaired) electrons. The molecular weight excluding hydrogens is 402 g/mol. The Bertz CT molecular complexity index is 934. The van der Waals surface area contributed by atoms with Gasteiger partial charge in [0.2, 0.25) is 5.01 Å². The van der Waals surface area contributed by atoms with E-state index in [0.717, 1.165) is 42.9 Å². The Labute approximate surface area is 169 Å². The molecule has 2 atom stereocenters. The molecule has 0 bridgehead atoms. The molecule has 1 aliphatic heterocycles. The SMILES string of the molecule is O=C(N[C@H]1CCN(C2CCC2)C[C@@H]1C(=O)O)c1nnc(-c2ccc(F)cc2F)s1. The van der Waals surface area contributed by atoms with E-state index in [1.807, 2.05) is 0 Å². The van der Waals surface area contributed by atoms with Crippen LogP contribution in [0.5, 0.6) is 0 Å². The number of hydrogen-bond donors (Lipinski definition) is 2. The average molecular weight is 422 g/mol. The second-order valence-electron chi connectivity index (χ2n) is 7.43. The smallest absolute Gasteiger partial charge is 0.309 e. The Morgan fingerprint density at radius 3 is 2.66 bits per heavy atom. The van der Waals surface area contributed by atoms with Gasteiger partial charge in [-0.05, 0) is 31.4 Å². The summed E-state index contributed by atoms with van der Waals surface area (Å²) in [4.78, 5) is 26.5. The minimum absolute atomic E-state index is 0.00860. The average Bonchev–Trinajstić information content (AvgIpc) is 3.11. The quantitative estimate of drug-likeness (QED) is 0.769. The number of likely N-dealkylation sites (tertiary alicyclic amines) is 1. The van der Waals surface area contributed by atoms with E-state index in [1.54, 1.807) is 0 Å². The number of rotatable bonds is 5. The maximum absolute atomic E-state index is 13.9. The molecule has 29 heavy (non-hydrogen) atoms. The normalized spacial score (nSPS) is 22.8. The second-order valence-corrected chi connectivity index (χ2v) is 8.41. The lowest BCUT2D eigenvalue weighted by Gasteiger charge is -2.44. The summed E-state index contributed by atoms with van der Waals surface area (Å²) >= 11 is 0.876. The lowest BCUT2D eigenvalue weighted by atomic mass is 9.85. The molecule has 4 rings (SSSR count). The van der Waals surface area contributed by atoms with E-state index in [9.17, 15) is 23.5 Å². The second kappa shape index (κ2) is 8.11. The molecule has 1 aromatic heterocycles. The van der Waals surface area contributed by atoms with Crippen LogP contribution in [0.15, 0.2) is 18.2 Å². The van der Waals surface area contributed by atoms with Crippen LogP contribution < -0.4 is 5.32 Å². The lowest BCUT2D eigenvalue weighted by Crippen LogP contribution is -2.56. The topological polar surface area (TPSA) is 95.4 Å². The largest absolute Gasteiger partial charge is 0.481 e. The van der Waals surface area contributed by atoms with Gasteiger partial charge in [0.1, 0.15) is 11.6 Å². The third-order valence-corrected chi connectivity index (χ3v) is 6.61. The number of aliphatic carboxylic acids is 1. The third kappa shape index (κ3) is 4.13. The number of halogens is 2. The van der Waals surface area contributed by atoms with Gasteiger partial charge in [-0.15, -0.1) is 10.2 Å². The van der Waals surface area contributed by atoms with Crippen molar-refractivity contribution in [2.24, 2.45) is 5.92 Å². The highest BCUT2D eigenvalue weighted by molar-refractivity contribution is 7.16. The van der Waals surface area contributed by atoms with Gasteiger partial charge in [-0.1, -0.05) is 17.8 Å². The minimum atomic E-state index is -0.939. The maximum atomic E-state index is 13.9. The van der Waals surface area contributed by atoms with Gasteiger partial charge in [-0.25, -0.2) is 8.78 Å². The van der Waals surface area contributed by atoms with Crippen molar-refractivity contribution in [2.75, 3.05) is 13.1 Å². The van der Waals surface area contributed by atoms with Crippen LogP contribution in [-0.4, -0.2) is 57.3 Å². The van der Waals surface area contributed by atoms with E-state index < -0.39 is 35.5 Å². The minimum Gasteiger partial charge on any atom is -0.481 e. The van der Waals surface area contributed by atoms with E-state index >= 15 is 0 Å². The zero-order valence-corrected chi connectivity index (χ0v) is 16.3. The number of benzene rings is 1. The molecule has 2 aromatic rings. The van der Waals surface area contributed by atoms with Gasteiger partial charge in [0, 0.05) is 36.8 Å². The van der Waals surface area contributed by atoms with Crippen molar-refractivity contribution < 1.29 is 23.5 Å². The molecule has 0 unspecified atom stereocenters. The number of hydrogen-bond acceptors (Lipinski definition) is 6. The van der Waals surface area contributed by atoms with Crippen molar-refractivity contribution in [1.29, 1.82) is 0 Å². The monoisotopic (exact) mass is 422 g/mol. The summed E-state index contributed by atoms with van der Waals surface area (Å²) in [6, 6.07) is 3.02. The number of nitrogens with zero attached hydrogens (tertiary/aromatic N) is 3. The zero-order chi connectivity index (χ0) is 20.5. The summed E-state index contributed by atoms with van der Waals surface area (Å²) in [7, 11) is 0. The maximum Gasteiger partial charge on any atom is 0.309 e. The number of carbonyl (C=O) groups excluding carboxylic acids is 1. The molecule has 2 N–H and O–H groups in total. The van der Waals surface area contributed by atoms with Crippen molar-refractivity contribution in [3.63, 3.8) is 0 Å². The fourth-order valence-electron chi connectivity index (χ4n) is 3.80. The predicted molar refractivity (Wildman–Crippen MR) is 101 cm³/mol. The van der Waals surface area contributed by atoms with Crippen molar-refractivity contribution >= 4 is 23.2 Å². The fraction of sp³-hybridized carbons (Fsp3) is 0.474. The highest BCUT2D eigenvalue weighted by atomic mass is 32.1. The van der Waals surface area contributed by atoms with E-state index in [1.165, 1.54) is 12.5 Å². The van der Waals surface area contributed by atoms with Gasteiger partial charge >= 0.3 is 5.97 Å². The van der Waals surface area contributed by atoms with Crippen molar-refractivity contribution in [2.45, 2.75) is 37.8 Å². The first-order valence-corrected chi connectivity index (χ1v) is 10.3. The number of carbonyl (C=O) groups is 2. The standard InChI is InChI=1S/C19H20F2N4O3S/c20-10-4-5-12(14(21)8-10)17-23-24-18(29-17)16(26)22-15-6-7-25(11-2-1-3-11)9-13(15)19(27)28/h4-5,8,11,13,15H,1-3,6-7,9H2,(H,22,26)(H,27,28)/t13-,15-/m0/s1. The molecule has 0 spiro atoms. The first-order valence-electron chi connectivity index (χ1n) is 9.49. The number of nitrogens with one attached hydrogen (secondary N) is 1. The van der Waals surface area contributed by atoms with E-state index in [2.05, 4.69) is 20.4 Å². The van der Waals surface area contributed by atoms with Gasteiger partial charge in [-0.2, -0.15) is 0 Å². The predicted octanol–water partition coefficient (Wildman–Crippen LogP) is 2.54. The van der Waals surface area contributed by atoms with Crippen molar-refractivity contribution in [3.8, 4) is 10.6 Å². The summed E-state index contributed by atoms with van der Waals surface area (Å²) in [5.41, 5.74) is 0.0557. The highest BCUT2D eigenvalue weighted by Gasteiger charge is 2.39. The number of carboxylic acid groups (broad SMARTS) is 1. The van der Waals surface area contributed by atoms with Crippen LogP contribution in [0.25, 0.3) is 10.6 Å². The number of carboxylic acids is 1. The molecule has 1 saturated heterocycles. The molecule has 10 heteroatoms. The van der Waals surface area contributed by atoms with Crippen LogP contribution in [-0.2, 0) is 4.79 Å². The van der Waals surface area contributed by atoms with E-state index in [4.69, 9.17) is 0 Å². The molecule has 2 fully saturated rings. The molecule has 1 amide bonds. The summed E-state index contributed by atoms with van der Waals surface area (Å²) < 4.78 is 27.0. The van der Waals surface area contributed by atoms with Gasteiger partial charge in [0.15, 0.2) is 5.01 Å². The molecule has 1 saturated carbocycles. The Kier molecular flexibility index (Phi) is 5.55. The van der Waals surface area contributed by atoms with Crippen LogP contribution >= 0.6 is 11.3 Å². The first-order chi connectivity index (χ1) is 13.9. The lowest BCUT2D eigenvalue weighted by molar-refractivity contribution is -0.145. The van der Waals surface area contributed by atoms with Crippen LogP contribution in [0.2, 0.25) is 0 Å². The first kappa shape index (κ1) is 19.8. The zero-order valence-electron chi connectivity index (χ0n) is 15.5. The van der Waals surface area contributed by atoms with Gasteiger partial charge < -0.3 is 10.4 Å². The van der Waals surface area contributed by atoms with Gasteiger partial charge in [0.05, 0.1) is 5.92 Å². The number of amides is 1. The highest BCUT2D eigenvalue weighted by Crippen LogP contribution is 2.30. The van der Waals surface area contributed by atoms with E-state index in [0.29, 0.717) is 19.0 Å². The van der Waals surface area contributed by atoms with Crippen molar-refractivity contribution in [3.05, 3.63) is 34.8 Å². The molecule has 7 nitrogen and oxygen atoms in total. The Balaban J connectivity index is 1.44. The molecule has 154 valence electrons. The van der Waals surface area contributed by atoms with Crippen molar-refractivity contribution in [1.82, 2.24) is 20.4 Å². The summed E-state index contributed by atoms with van der Waals surface area (Å²) in [6.07, 6.45) is 3.90. The van der Waals surface area contributed by atoms with E-state index in [-0.39, 0.29) is 15.6 Å². The van der Waals surface area contributed by atoms with Crippen LogP contribution in [0.1, 0.15) is 35.5 Å². The fourth-order valence-corrected chi connectivity index (χ4v) is 4.57. The Morgan fingerprint density at radius 2 is 2.00 bits per heavy atom. The third-order valence-electron chi connectivity index (χ3n) is 5.65. The molecule has 1 aliphatic carbocycles. The Morgan fingerprint density at radius 1 is 1.21 bits per heavy atom. The molecular formula is C19H20F2N4O3S. The van der Waals surface area contributed by atoms with Crippen LogP contribution in [0.3, 0.4) is 0 Å². The molecule has 2 aliphatic rings. The summed E-state index contributed by atoms with van der Waals surface area (Å²) in [5.74, 6) is -3.67. The number of aromatic nitrogens is 2. The number of piperidine rings is 1.